The van der Waals surface area contributed by atoms with E-state index in [1.54, 1.807) is 0 Å². The van der Waals surface area contributed by atoms with Gasteiger partial charge in [0.15, 0.2) is 0 Å². The van der Waals surface area contributed by atoms with Gasteiger partial charge < -0.3 is 4.74 Å². The molecule has 0 saturated carbocycles. The Morgan fingerprint density at radius 1 is 0.944 bits per heavy atom. The molecule has 88 valence electrons. The fraction of sp³-hybridized carbons (Fsp3) is 0.176. The number of benzene rings is 2. The third-order valence-electron chi connectivity index (χ3n) is 3.88. The third-order valence-corrected chi connectivity index (χ3v) is 3.88. The quantitative estimate of drug-likeness (QED) is 0.631. The van der Waals surface area contributed by atoms with Crippen molar-refractivity contribution >= 4 is 10.8 Å². The molecule has 0 fully saturated rings. The molecule has 0 N–H and O–H groups in total. The number of rotatable bonds is 0. The van der Waals surface area contributed by atoms with E-state index in [1.165, 1.54) is 21.9 Å². The van der Waals surface area contributed by atoms with Gasteiger partial charge in [0.25, 0.3) is 0 Å². The molecular formula is C17H14O. The first kappa shape index (κ1) is 10.1. The highest BCUT2D eigenvalue weighted by atomic mass is 16.5. The van der Waals surface area contributed by atoms with E-state index < -0.39 is 0 Å². The van der Waals surface area contributed by atoms with Crippen LogP contribution in [0.25, 0.3) is 10.8 Å². The zero-order chi connectivity index (χ0) is 12.0. The molecule has 1 heteroatoms. The number of allylic oxidation sites excluding steroid dienone is 1. The van der Waals surface area contributed by atoms with Crippen molar-refractivity contribution in [3.63, 3.8) is 0 Å². The Bertz CT molecular complexity index is 681. The normalized spacial score (nSPS) is 24.9. The summed E-state index contributed by atoms with van der Waals surface area (Å²) in [4.78, 5) is 0. The number of ether oxygens (including phenoxy) is 1. The van der Waals surface area contributed by atoms with Crippen LogP contribution >= 0.6 is 0 Å². The molecule has 4 rings (SSSR count). The molecule has 18 heavy (non-hydrogen) atoms. The summed E-state index contributed by atoms with van der Waals surface area (Å²) in [5.41, 5.74) is 2.37. The second kappa shape index (κ2) is 3.56. The van der Waals surface area contributed by atoms with E-state index in [0.717, 1.165) is 6.42 Å². The highest BCUT2D eigenvalue weighted by molar-refractivity contribution is 5.85. The van der Waals surface area contributed by atoms with Crippen LogP contribution < -0.4 is 0 Å². The average molecular weight is 234 g/mol. The summed E-state index contributed by atoms with van der Waals surface area (Å²) < 4.78 is 5.96. The minimum Gasteiger partial charge on any atom is -0.358 e. The van der Waals surface area contributed by atoms with E-state index in [9.17, 15) is 0 Å². The minimum absolute atomic E-state index is 0.308. The Morgan fingerprint density at radius 3 is 2.50 bits per heavy atom. The van der Waals surface area contributed by atoms with E-state index in [1.807, 2.05) is 0 Å². The summed E-state index contributed by atoms with van der Waals surface area (Å²) in [6.07, 6.45) is 9.68. The zero-order valence-corrected chi connectivity index (χ0v) is 10.1. The maximum Gasteiger partial charge on any atom is 0.130 e. The minimum atomic E-state index is -0.308. The second-order valence-corrected chi connectivity index (χ2v) is 4.97. The fourth-order valence-corrected chi connectivity index (χ4v) is 3.00. The molecule has 1 aliphatic carbocycles. The van der Waals surface area contributed by atoms with Crippen LogP contribution in [0.4, 0.5) is 0 Å². The molecule has 1 aliphatic heterocycles. The Balaban J connectivity index is 2.02. The molecule has 2 aliphatic rings. The maximum absolute atomic E-state index is 5.96. The van der Waals surface area contributed by atoms with Gasteiger partial charge in [-0.05, 0) is 46.5 Å². The van der Waals surface area contributed by atoms with Crippen LogP contribution in [0.15, 0.2) is 60.7 Å². The Morgan fingerprint density at radius 2 is 1.72 bits per heavy atom. The molecule has 1 unspecified atom stereocenters. The molecule has 0 bridgehead atoms. The SMILES string of the molecule is C1=CC2(C=CCc3cc4ccccc4cc32)OC1. The standard InChI is InChI=1S/C17H14O/c1-2-6-14-12-16-15(11-13(14)5-1)7-3-8-17(16)9-4-10-18-17/h1-6,8-9,11-12H,7,10H2. The van der Waals surface area contributed by atoms with Crippen molar-refractivity contribution in [2.24, 2.45) is 0 Å². The maximum atomic E-state index is 5.96. The Labute approximate surface area is 106 Å². The molecule has 1 heterocycles. The van der Waals surface area contributed by atoms with E-state index in [4.69, 9.17) is 4.74 Å². The first-order chi connectivity index (χ1) is 8.87. The summed E-state index contributed by atoms with van der Waals surface area (Å²) in [5.74, 6) is 0. The van der Waals surface area contributed by atoms with Gasteiger partial charge in [0.1, 0.15) is 5.60 Å². The molecule has 1 atom stereocenters. The Hall–Kier alpha value is -1.86. The number of fused-ring (bicyclic) bond motifs is 3. The van der Waals surface area contributed by atoms with Crippen molar-refractivity contribution in [3.05, 3.63) is 71.8 Å². The van der Waals surface area contributed by atoms with E-state index in [0.29, 0.717) is 6.61 Å². The number of hydrogen-bond donors (Lipinski definition) is 0. The monoisotopic (exact) mass is 234 g/mol. The lowest BCUT2D eigenvalue weighted by Gasteiger charge is -2.30. The third kappa shape index (κ3) is 1.31. The van der Waals surface area contributed by atoms with Gasteiger partial charge in [-0.15, -0.1) is 0 Å². The van der Waals surface area contributed by atoms with Crippen LogP contribution in [0.2, 0.25) is 0 Å². The smallest absolute Gasteiger partial charge is 0.130 e. The van der Waals surface area contributed by atoms with Crippen molar-refractivity contribution in [2.75, 3.05) is 6.61 Å². The summed E-state index contributed by atoms with van der Waals surface area (Å²) in [5, 5.41) is 2.60. The molecule has 2 aromatic rings. The predicted molar refractivity (Wildman–Crippen MR) is 73.6 cm³/mol. The first-order valence-corrected chi connectivity index (χ1v) is 6.39. The van der Waals surface area contributed by atoms with Gasteiger partial charge in [-0.2, -0.15) is 0 Å². The van der Waals surface area contributed by atoms with Crippen molar-refractivity contribution < 1.29 is 4.74 Å². The molecule has 0 radical (unpaired) electrons. The van der Waals surface area contributed by atoms with Crippen LogP contribution in [-0.2, 0) is 16.8 Å². The van der Waals surface area contributed by atoms with Gasteiger partial charge in [0.2, 0.25) is 0 Å². The van der Waals surface area contributed by atoms with Gasteiger partial charge >= 0.3 is 0 Å². The largest absolute Gasteiger partial charge is 0.358 e. The van der Waals surface area contributed by atoms with Crippen molar-refractivity contribution in [1.82, 2.24) is 0 Å². The van der Waals surface area contributed by atoms with Crippen molar-refractivity contribution in [2.45, 2.75) is 12.0 Å². The lowest BCUT2D eigenvalue weighted by Crippen LogP contribution is -2.25. The zero-order valence-electron chi connectivity index (χ0n) is 10.1. The van der Waals surface area contributed by atoms with Crippen LogP contribution in [0, 0.1) is 0 Å². The summed E-state index contributed by atoms with van der Waals surface area (Å²) >= 11 is 0. The highest BCUT2D eigenvalue weighted by Crippen LogP contribution is 2.39. The first-order valence-electron chi connectivity index (χ1n) is 6.39. The van der Waals surface area contributed by atoms with E-state index in [-0.39, 0.29) is 5.60 Å². The summed E-state index contributed by atoms with van der Waals surface area (Å²) in [6, 6.07) is 13.1. The molecule has 2 aromatic carbocycles. The lowest BCUT2D eigenvalue weighted by molar-refractivity contribution is 0.0618. The summed E-state index contributed by atoms with van der Waals surface area (Å²) in [6.45, 7) is 0.705. The van der Waals surface area contributed by atoms with Crippen molar-refractivity contribution in [3.8, 4) is 0 Å². The van der Waals surface area contributed by atoms with E-state index in [2.05, 4.69) is 60.7 Å². The van der Waals surface area contributed by atoms with Crippen LogP contribution in [-0.4, -0.2) is 6.61 Å². The van der Waals surface area contributed by atoms with Gasteiger partial charge in [-0.3, -0.25) is 0 Å². The molecular weight excluding hydrogens is 220 g/mol. The molecule has 0 aromatic heterocycles. The van der Waals surface area contributed by atoms with Crippen LogP contribution in [0.5, 0.6) is 0 Å². The van der Waals surface area contributed by atoms with Gasteiger partial charge in [-0.1, -0.05) is 42.5 Å². The highest BCUT2D eigenvalue weighted by Gasteiger charge is 2.34. The van der Waals surface area contributed by atoms with Crippen LogP contribution in [0.1, 0.15) is 11.1 Å². The lowest BCUT2D eigenvalue weighted by atomic mass is 9.82. The van der Waals surface area contributed by atoms with Gasteiger partial charge in [0.05, 0.1) is 6.61 Å². The molecule has 0 saturated heterocycles. The number of hydrogen-bond acceptors (Lipinski definition) is 1. The van der Waals surface area contributed by atoms with Crippen molar-refractivity contribution in [1.29, 1.82) is 0 Å². The predicted octanol–water partition coefficient (Wildman–Crippen LogP) is 3.73. The van der Waals surface area contributed by atoms with E-state index >= 15 is 0 Å². The molecule has 0 amide bonds. The molecule has 1 spiro atoms. The van der Waals surface area contributed by atoms with Crippen LogP contribution in [0.3, 0.4) is 0 Å². The second-order valence-electron chi connectivity index (χ2n) is 4.97. The topological polar surface area (TPSA) is 9.23 Å². The van der Waals surface area contributed by atoms with Gasteiger partial charge in [-0.25, -0.2) is 0 Å². The average Bonchev–Trinajstić information content (AvgIpc) is 2.87. The van der Waals surface area contributed by atoms with Gasteiger partial charge in [0, 0.05) is 0 Å². The fourth-order valence-electron chi connectivity index (χ4n) is 3.00. The molecule has 1 nitrogen and oxygen atoms in total. The summed E-state index contributed by atoms with van der Waals surface area (Å²) in [7, 11) is 0. The Kier molecular flexibility index (Phi) is 2.00.